The van der Waals surface area contributed by atoms with Crippen LogP contribution < -0.4 is 9.47 Å². The number of ether oxygens (including phenoxy) is 2. The molecule has 16 heavy (non-hydrogen) atoms. The highest BCUT2D eigenvalue weighted by Gasteiger charge is 2.24. The molecule has 0 radical (unpaired) electrons. The van der Waals surface area contributed by atoms with E-state index in [0.717, 1.165) is 37.2 Å². The third kappa shape index (κ3) is 2.67. The summed E-state index contributed by atoms with van der Waals surface area (Å²) in [7, 11) is 1.63. The van der Waals surface area contributed by atoms with Crippen molar-refractivity contribution in [1.82, 2.24) is 0 Å². The Labute approximate surface area is 96.0 Å². The van der Waals surface area contributed by atoms with Gasteiger partial charge >= 0.3 is 0 Å². The summed E-state index contributed by atoms with van der Waals surface area (Å²) in [6.07, 6.45) is 3.60. The number of rotatable bonds is 3. The van der Waals surface area contributed by atoms with Crippen molar-refractivity contribution < 1.29 is 14.6 Å². The van der Waals surface area contributed by atoms with Crippen molar-refractivity contribution in [3.8, 4) is 11.5 Å². The van der Waals surface area contributed by atoms with E-state index >= 15 is 0 Å². The van der Waals surface area contributed by atoms with Crippen LogP contribution in [-0.4, -0.2) is 24.4 Å². The Morgan fingerprint density at radius 2 is 1.94 bits per heavy atom. The first-order chi connectivity index (χ1) is 7.79. The van der Waals surface area contributed by atoms with Crippen molar-refractivity contribution >= 4 is 0 Å². The van der Waals surface area contributed by atoms with Gasteiger partial charge in [0.05, 0.1) is 13.2 Å². The molecule has 1 aliphatic carbocycles. The summed E-state index contributed by atoms with van der Waals surface area (Å²) in [5.74, 6) is 1.55. The van der Waals surface area contributed by atoms with Crippen LogP contribution in [0.5, 0.6) is 11.5 Å². The van der Waals surface area contributed by atoms with Crippen molar-refractivity contribution in [3.63, 3.8) is 0 Å². The summed E-state index contributed by atoms with van der Waals surface area (Å²) in [6, 6.07) is 7.51. The lowest BCUT2D eigenvalue weighted by atomic mass is 9.95. The second-order valence-electron chi connectivity index (χ2n) is 4.19. The van der Waals surface area contributed by atoms with Crippen molar-refractivity contribution in [1.29, 1.82) is 0 Å². The van der Waals surface area contributed by atoms with Crippen molar-refractivity contribution in [2.24, 2.45) is 0 Å². The third-order valence-corrected chi connectivity index (χ3v) is 3.00. The average molecular weight is 222 g/mol. The number of aliphatic hydroxyl groups excluding tert-OH is 1. The fourth-order valence-electron chi connectivity index (χ4n) is 2.06. The predicted octanol–water partition coefficient (Wildman–Crippen LogP) is 2.38. The molecule has 0 spiro atoms. The van der Waals surface area contributed by atoms with Crippen LogP contribution in [0, 0.1) is 0 Å². The van der Waals surface area contributed by atoms with Gasteiger partial charge in [0, 0.05) is 6.07 Å². The lowest BCUT2D eigenvalue weighted by molar-refractivity contribution is 0.00678. The van der Waals surface area contributed by atoms with Crippen LogP contribution in [0.2, 0.25) is 0 Å². The van der Waals surface area contributed by atoms with Gasteiger partial charge < -0.3 is 14.6 Å². The van der Waals surface area contributed by atoms with E-state index in [2.05, 4.69) is 0 Å². The zero-order chi connectivity index (χ0) is 11.4. The Bertz CT molecular complexity index is 338. The highest BCUT2D eigenvalue weighted by Crippen LogP contribution is 2.26. The largest absolute Gasteiger partial charge is 0.497 e. The van der Waals surface area contributed by atoms with Crippen LogP contribution in [-0.2, 0) is 0 Å². The summed E-state index contributed by atoms with van der Waals surface area (Å²) < 4.78 is 10.9. The van der Waals surface area contributed by atoms with Crippen molar-refractivity contribution in [2.45, 2.75) is 37.9 Å². The smallest absolute Gasteiger partial charge is 0.124 e. The van der Waals surface area contributed by atoms with Gasteiger partial charge in [-0.2, -0.15) is 0 Å². The molecule has 0 aliphatic heterocycles. The van der Waals surface area contributed by atoms with Crippen LogP contribution in [0.3, 0.4) is 0 Å². The van der Waals surface area contributed by atoms with E-state index in [-0.39, 0.29) is 12.2 Å². The second kappa shape index (κ2) is 5.21. The molecule has 3 heteroatoms. The van der Waals surface area contributed by atoms with Gasteiger partial charge in [-0.05, 0) is 31.4 Å². The van der Waals surface area contributed by atoms with E-state index in [1.54, 1.807) is 7.11 Å². The second-order valence-corrected chi connectivity index (χ2v) is 4.19. The molecule has 2 rings (SSSR count). The lowest BCUT2D eigenvalue weighted by Crippen LogP contribution is -2.34. The number of hydrogen-bond acceptors (Lipinski definition) is 3. The van der Waals surface area contributed by atoms with E-state index in [0.29, 0.717) is 0 Å². The van der Waals surface area contributed by atoms with Crippen molar-refractivity contribution in [3.05, 3.63) is 24.3 Å². The van der Waals surface area contributed by atoms with Crippen molar-refractivity contribution in [2.75, 3.05) is 7.11 Å². The quantitative estimate of drug-likeness (QED) is 0.853. The van der Waals surface area contributed by atoms with Gasteiger partial charge in [-0.15, -0.1) is 0 Å². The van der Waals surface area contributed by atoms with Gasteiger partial charge in [0.15, 0.2) is 0 Å². The Hall–Kier alpha value is -1.22. The number of benzene rings is 1. The molecule has 88 valence electrons. The zero-order valence-electron chi connectivity index (χ0n) is 9.56. The number of aliphatic hydroxyl groups is 1. The van der Waals surface area contributed by atoms with Gasteiger partial charge in [0.2, 0.25) is 0 Å². The van der Waals surface area contributed by atoms with Crippen LogP contribution >= 0.6 is 0 Å². The Morgan fingerprint density at radius 3 is 2.69 bits per heavy atom. The van der Waals surface area contributed by atoms with E-state index in [9.17, 15) is 5.11 Å². The highest BCUT2D eigenvalue weighted by atomic mass is 16.5. The van der Waals surface area contributed by atoms with Gasteiger partial charge in [0.1, 0.15) is 17.6 Å². The van der Waals surface area contributed by atoms with Crippen LogP contribution in [0.15, 0.2) is 24.3 Å². The molecule has 1 N–H and O–H groups in total. The molecule has 1 fully saturated rings. The molecular formula is C13H18O3. The van der Waals surface area contributed by atoms with E-state index < -0.39 is 0 Å². The fraction of sp³-hybridized carbons (Fsp3) is 0.538. The van der Waals surface area contributed by atoms with E-state index in [1.165, 1.54) is 0 Å². The molecule has 1 saturated carbocycles. The first-order valence-corrected chi connectivity index (χ1v) is 5.78. The highest BCUT2D eigenvalue weighted by molar-refractivity contribution is 5.33. The van der Waals surface area contributed by atoms with Crippen LogP contribution in [0.1, 0.15) is 25.7 Å². The normalized spacial score (nSPS) is 25.1. The molecule has 2 atom stereocenters. The van der Waals surface area contributed by atoms with Crippen LogP contribution in [0.4, 0.5) is 0 Å². The molecule has 3 nitrogen and oxygen atoms in total. The van der Waals surface area contributed by atoms with Crippen LogP contribution in [0.25, 0.3) is 0 Å². The number of methoxy groups -OCH3 is 1. The Kier molecular flexibility index (Phi) is 3.67. The fourth-order valence-corrected chi connectivity index (χ4v) is 2.06. The summed E-state index contributed by atoms with van der Waals surface area (Å²) in [5.41, 5.74) is 0. The minimum atomic E-state index is -0.333. The molecule has 0 unspecified atom stereocenters. The first-order valence-electron chi connectivity index (χ1n) is 5.78. The molecular weight excluding hydrogens is 204 g/mol. The van der Waals surface area contributed by atoms with E-state index in [1.807, 2.05) is 24.3 Å². The SMILES string of the molecule is COc1cccc(O[C@@H]2CCCC[C@H]2O)c1. The van der Waals surface area contributed by atoms with Gasteiger partial charge in [-0.1, -0.05) is 12.5 Å². The first kappa shape index (κ1) is 11.3. The van der Waals surface area contributed by atoms with Gasteiger partial charge in [0.25, 0.3) is 0 Å². The molecule has 0 amide bonds. The van der Waals surface area contributed by atoms with Gasteiger partial charge in [-0.25, -0.2) is 0 Å². The van der Waals surface area contributed by atoms with E-state index in [4.69, 9.17) is 9.47 Å². The Balaban J connectivity index is 2.01. The average Bonchev–Trinajstić information content (AvgIpc) is 2.32. The summed E-state index contributed by atoms with van der Waals surface area (Å²) in [6.45, 7) is 0. The Morgan fingerprint density at radius 1 is 1.19 bits per heavy atom. The summed E-state index contributed by atoms with van der Waals surface area (Å²) in [5, 5.41) is 9.80. The lowest BCUT2D eigenvalue weighted by Gasteiger charge is -2.28. The summed E-state index contributed by atoms with van der Waals surface area (Å²) in [4.78, 5) is 0. The third-order valence-electron chi connectivity index (χ3n) is 3.00. The molecule has 0 aromatic heterocycles. The number of hydrogen-bond donors (Lipinski definition) is 1. The predicted molar refractivity (Wildman–Crippen MR) is 61.9 cm³/mol. The molecule has 0 saturated heterocycles. The zero-order valence-corrected chi connectivity index (χ0v) is 9.56. The monoisotopic (exact) mass is 222 g/mol. The molecule has 1 aromatic rings. The maximum atomic E-state index is 9.80. The summed E-state index contributed by atoms with van der Waals surface area (Å²) >= 11 is 0. The molecule has 0 bridgehead atoms. The topological polar surface area (TPSA) is 38.7 Å². The standard InChI is InChI=1S/C13H18O3/c1-15-10-5-4-6-11(9-10)16-13-8-3-2-7-12(13)14/h4-6,9,12-14H,2-3,7-8H2,1H3/t12-,13-/m1/s1. The maximum Gasteiger partial charge on any atom is 0.124 e. The molecule has 1 aliphatic rings. The minimum Gasteiger partial charge on any atom is -0.497 e. The van der Waals surface area contributed by atoms with Gasteiger partial charge in [-0.3, -0.25) is 0 Å². The minimum absolute atomic E-state index is 0.0687. The maximum absolute atomic E-state index is 9.80. The molecule has 0 heterocycles. The molecule has 1 aromatic carbocycles.